The summed E-state index contributed by atoms with van der Waals surface area (Å²) < 4.78 is 10.7. The molecule has 0 fully saturated rings. The van der Waals surface area contributed by atoms with Crippen LogP contribution in [0.5, 0.6) is 0 Å². The number of carboxylic acids is 1. The summed E-state index contributed by atoms with van der Waals surface area (Å²) in [7, 11) is 0. The van der Waals surface area contributed by atoms with Crippen molar-refractivity contribution in [3.8, 4) is 11.1 Å². The van der Waals surface area contributed by atoms with E-state index in [1.807, 2.05) is 24.3 Å². The van der Waals surface area contributed by atoms with Gasteiger partial charge in [0, 0.05) is 31.8 Å². The first-order valence-electron chi connectivity index (χ1n) is 10.8. The van der Waals surface area contributed by atoms with Crippen LogP contribution in [0, 0.1) is 0 Å². The van der Waals surface area contributed by atoms with Crippen molar-refractivity contribution >= 4 is 18.0 Å². The molecule has 1 aliphatic rings. The molecule has 2 aromatic carbocycles. The fourth-order valence-corrected chi connectivity index (χ4v) is 3.70. The van der Waals surface area contributed by atoms with Crippen LogP contribution in [0.25, 0.3) is 11.1 Å². The Morgan fingerprint density at radius 1 is 0.909 bits per heavy atom. The number of aliphatic carboxylic acids is 1. The summed E-state index contributed by atoms with van der Waals surface area (Å²) in [5, 5.41) is 22.8. The summed E-state index contributed by atoms with van der Waals surface area (Å²) in [5.41, 5.74) is 4.62. The highest BCUT2D eigenvalue weighted by atomic mass is 16.5. The van der Waals surface area contributed by atoms with Crippen LogP contribution >= 0.6 is 0 Å². The number of carbonyl (C=O) groups is 3. The van der Waals surface area contributed by atoms with Crippen molar-refractivity contribution in [2.45, 2.75) is 24.9 Å². The molecule has 1 atom stereocenters. The van der Waals surface area contributed by atoms with Gasteiger partial charge < -0.3 is 30.3 Å². The van der Waals surface area contributed by atoms with E-state index in [0.29, 0.717) is 0 Å². The first kappa shape index (κ1) is 24.2. The summed E-state index contributed by atoms with van der Waals surface area (Å²) in [4.78, 5) is 34.2. The van der Waals surface area contributed by atoms with E-state index >= 15 is 0 Å². The molecule has 0 radical (unpaired) electrons. The van der Waals surface area contributed by atoms with Gasteiger partial charge in [-0.05, 0) is 22.3 Å². The Bertz CT molecular complexity index is 933. The van der Waals surface area contributed by atoms with Crippen molar-refractivity contribution in [1.29, 1.82) is 0 Å². The number of hydrogen-bond donors (Lipinski definition) is 4. The topological polar surface area (TPSA) is 134 Å². The van der Waals surface area contributed by atoms with Gasteiger partial charge in [0.15, 0.2) is 6.10 Å². The molecule has 0 heterocycles. The molecule has 1 unspecified atom stereocenters. The average Bonchev–Trinajstić information content (AvgIpc) is 3.13. The molecule has 0 bridgehead atoms. The lowest BCUT2D eigenvalue weighted by Gasteiger charge is -2.14. The van der Waals surface area contributed by atoms with Crippen LogP contribution in [0.2, 0.25) is 0 Å². The Morgan fingerprint density at radius 2 is 1.55 bits per heavy atom. The van der Waals surface area contributed by atoms with Crippen LogP contribution in [0.15, 0.2) is 48.5 Å². The van der Waals surface area contributed by atoms with Crippen LogP contribution in [0.1, 0.15) is 29.9 Å². The van der Waals surface area contributed by atoms with Gasteiger partial charge in [0.1, 0.15) is 6.61 Å². The van der Waals surface area contributed by atoms with Crippen molar-refractivity contribution in [3.05, 3.63) is 59.7 Å². The van der Waals surface area contributed by atoms with Crippen molar-refractivity contribution in [3.63, 3.8) is 0 Å². The van der Waals surface area contributed by atoms with Gasteiger partial charge in [-0.3, -0.25) is 4.79 Å². The second-order valence-electron chi connectivity index (χ2n) is 7.61. The minimum Gasteiger partial charge on any atom is -0.479 e. The number of aliphatic hydroxyl groups excluding tert-OH is 1. The first-order valence-corrected chi connectivity index (χ1v) is 10.8. The maximum absolute atomic E-state index is 12.1. The number of nitrogens with one attached hydrogen (secondary N) is 2. The minimum atomic E-state index is -1.49. The molecule has 0 aliphatic heterocycles. The molecule has 0 spiro atoms. The number of hydrogen-bond acceptors (Lipinski definition) is 6. The second kappa shape index (κ2) is 12.0. The third-order valence-corrected chi connectivity index (χ3v) is 5.36. The van der Waals surface area contributed by atoms with Crippen molar-refractivity contribution in [2.24, 2.45) is 0 Å². The Morgan fingerprint density at radius 3 is 2.18 bits per heavy atom. The zero-order valence-corrected chi connectivity index (χ0v) is 18.2. The van der Waals surface area contributed by atoms with E-state index in [2.05, 4.69) is 34.9 Å². The van der Waals surface area contributed by atoms with Gasteiger partial charge in [-0.2, -0.15) is 0 Å². The largest absolute Gasteiger partial charge is 0.479 e. The first-order chi connectivity index (χ1) is 16.0. The van der Waals surface area contributed by atoms with E-state index < -0.39 is 18.2 Å². The summed E-state index contributed by atoms with van der Waals surface area (Å²) in [6.45, 7) is 0.908. The standard InChI is InChI=1S/C24H28N2O7/c27-21(23(29)30)9-11-25-22(28)10-13-32-14-12-26-24(31)33-15-20-18-7-3-1-5-16(18)17-6-2-4-8-19(17)20/h1-8,20-21,27H,9-15H2,(H,25,28)(H,26,31)(H,29,30). The third-order valence-electron chi connectivity index (χ3n) is 5.36. The SMILES string of the molecule is O=C(CCOCCNC(=O)OCC1c2ccccc2-c2ccccc21)NCCC(O)C(=O)O. The number of amides is 2. The summed E-state index contributed by atoms with van der Waals surface area (Å²) >= 11 is 0. The lowest BCUT2D eigenvalue weighted by molar-refractivity contribution is -0.147. The molecule has 2 amide bonds. The van der Waals surface area contributed by atoms with Gasteiger partial charge in [0.25, 0.3) is 0 Å². The highest BCUT2D eigenvalue weighted by Crippen LogP contribution is 2.44. The molecule has 0 saturated heterocycles. The van der Waals surface area contributed by atoms with Crippen LogP contribution < -0.4 is 10.6 Å². The molecule has 33 heavy (non-hydrogen) atoms. The molecular weight excluding hydrogens is 428 g/mol. The zero-order chi connectivity index (χ0) is 23.6. The van der Waals surface area contributed by atoms with E-state index in [4.69, 9.17) is 19.7 Å². The summed E-state index contributed by atoms with van der Waals surface area (Å²) in [6.07, 6.45) is -2.00. The number of rotatable bonds is 12. The predicted octanol–water partition coefficient (Wildman–Crippen LogP) is 1.88. The molecule has 3 rings (SSSR count). The Labute approximate surface area is 191 Å². The molecule has 176 valence electrons. The molecule has 9 heteroatoms. The van der Waals surface area contributed by atoms with Gasteiger partial charge in [-0.25, -0.2) is 9.59 Å². The lowest BCUT2D eigenvalue weighted by Crippen LogP contribution is -2.31. The van der Waals surface area contributed by atoms with Gasteiger partial charge in [0.2, 0.25) is 5.91 Å². The Balaban J connectivity index is 1.29. The second-order valence-corrected chi connectivity index (χ2v) is 7.61. The van der Waals surface area contributed by atoms with E-state index in [-0.39, 0.29) is 57.6 Å². The molecule has 9 nitrogen and oxygen atoms in total. The highest BCUT2D eigenvalue weighted by molar-refractivity contribution is 5.79. The van der Waals surface area contributed by atoms with Gasteiger partial charge in [-0.1, -0.05) is 48.5 Å². The van der Waals surface area contributed by atoms with Crippen LogP contribution in [-0.2, 0) is 19.1 Å². The van der Waals surface area contributed by atoms with Gasteiger partial charge >= 0.3 is 12.1 Å². The fraction of sp³-hybridized carbons (Fsp3) is 0.375. The fourth-order valence-electron chi connectivity index (χ4n) is 3.70. The van der Waals surface area contributed by atoms with Crippen molar-refractivity contribution in [1.82, 2.24) is 10.6 Å². The smallest absolute Gasteiger partial charge is 0.407 e. The molecule has 0 aromatic heterocycles. The van der Waals surface area contributed by atoms with Gasteiger partial charge in [0.05, 0.1) is 13.2 Å². The number of fused-ring (bicyclic) bond motifs is 3. The number of carbonyl (C=O) groups excluding carboxylic acids is 2. The van der Waals surface area contributed by atoms with Crippen LogP contribution in [-0.4, -0.2) is 67.2 Å². The van der Waals surface area contributed by atoms with Crippen LogP contribution in [0.4, 0.5) is 4.79 Å². The van der Waals surface area contributed by atoms with E-state index in [1.54, 1.807) is 0 Å². The minimum absolute atomic E-state index is 0.00507. The maximum Gasteiger partial charge on any atom is 0.407 e. The normalized spacial score (nSPS) is 13.0. The number of carboxylic acid groups (broad SMARTS) is 1. The number of benzene rings is 2. The third kappa shape index (κ3) is 6.77. The summed E-state index contributed by atoms with van der Waals surface area (Å²) in [5.74, 6) is -1.64. The predicted molar refractivity (Wildman–Crippen MR) is 120 cm³/mol. The number of alkyl carbamates (subject to hydrolysis) is 1. The number of aliphatic hydroxyl groups is 1. The molecule has 0 saturated carbocycles. The number of ether oxygens (including phenoxy) is 2. The highest BCUT2D eigenvalue weighted by Gasteiger charge is 2.28. The molecular formula is C24H28N2O7. The maximum atomic E-state index is 12.1. The van der Waals surface area contributed by atoms with Gasteiger partial charge in [-0.15, -0.1) is 0 Å². The molecule has 2 aromatic rings. The summed E-state index contributed by atoms with van der Waals surface area (Å²) in [6, 6.07) is 16.2. The molecule has 1 aliphatic carbocycles. The Kier molecular flexibility index (Phi) is 8.79. The lowest BCUT2D eigenvalue weighted by atomic mass is 9.98. The zero-order valence-electron chi connectivity index (χ0n) is 18.2. The van der Waals surface area contributed by atoms with E-state index in [1.165, 1.54) is 0 Å². The van der Waals surface area contributed by atoms with E-state index in [9.17, 15) is 14.4 Å². The quantitative estimate of drug-likeness (QED) is 0.358. The Hall–Kier alpha value is -3.43. The monoisotopic (exact) mass is 456 g/mol. The van der Waals surface area contributed by atoms with Crippen molar-refractivity contribution in [2.75, 3.05) is 32.9 Å². The van der Waals surface area contributed by atoms with Crippen molar-refractivity contribution < 1.29 is 34.1 Å². The van der Waals surface area contributed by atoms with Crippen LogP contribution in [0.3, 0.4) is 0 Å². The van der Waals surface area contributed by atoms with E-state index in [0.717, 1.165) is 22.3 Å². The molecule has 4 N–H and O–H groups in total. The average molecular weight is 456 g/mol.